The van der Waals surface area contributed by atoms with Gasteiger partial charge in [0.1, 0.15) is 0 Å². The quantitative estimate of drug-likeness (QED) is 0.662. The number of nitrogens with one attached hydrogen (secondary N) is 2. The predicted octanol–water partition coefficient (Wildman–Crippen LogP) is 1.31. The monoisotopic (exact) mass is 242 g/mol. The van der Waals surface area contributed by atoms with Crippen molar-refractivity contribution in [2.45, 2.75) is 45.6 Å². The largest absolute Gasteiger partial charge is 0.379 e. The van der Waals surface area contributed by atoms with Gasteiger partial charge in [0.15, 0.2) is 0 Å². The fraction of sp³-hybridized carbons (Fsp3) is 0.923. The van der Waals surface area contributed by atoms with Crippen molar-refractivity contribution < 1.29 is 9.53 Å². The van der Waals surface area contributed by atoms with Crippen molar-refractivity contribution >= 4 is 5.91 Å². The molecule has 1 atom stereocenters. The van der Waals surface area contributed by atoms with Gasteiger partial charge in [0, 0.05) is 25.6 Å². The zero-order valence-corrected chi connectivity index (χ0v) is 11.1. The first-order valence-electron chi connectivity index (χ1n) is 6.76. The Morgan fingerprint density at radius 1 is 1.47 bits per heavy atom. The summed E-state index contributed by atoms with van der Waals surface area (Å²) in [5, 5.41) is 6.27. The maximum absolute atomic E-state index is 11.6. The molecule has 1 aliphatic heterocycles. The third kappa shape index (κ3) is 7.34. The molecule has 0 aliphatic carbocycles. The fourth-order valence-electron chi connectivity index (χ4n) is 1.98. The third-order valence-corrected chi connectivity index (χ3v) is 2.86. The highest BCUT2D eigenvalue weighted by atomic mass is 16.5. The predicted molar refractivity (Wildman–Crippen MR) is 68.9 cm³/mol. The molecule has 1 amide bonds. The summed E-state index contributed by atoms with van der Waals surface area (Å²) in [5.74, 6) is 0.690. The Kier molecular flexibility index (Phi) is 7.21. The van der Waals surface area contributed by atoms with E-state index in [1.165, 1.54) is 12.8 Å². The van der Waals surface area contributed by atoms with E-state index in [0.717, 1.165) is 19.6 Å². The molecule has 1 saturated heterocycles. The maximum atomic E-state index is 11.6. The van der Waals surface area contributed by atoms with E-state index >= 15 is 0 Å². The Balaban J connectivity index is 1.97. The second-order valence-corrected chi connectivity index (χ2v) is 5.17. The summed E-state index contributed by atoms with van der Waals surface area (Å²) in [6, 6.07) is 0.375. The third-order valence-electron chi connectivity index (χ3n) is 2.86. The summed E-state index contributed by atoms with van der Waals surface area (Å²) in [4.78, 5) is 11.6. The molecule has 4 heteroatoms. The number of hydrogen-bond acceptors (Lipinski definition) is 3. The molecule has 1 fully saturated rings. The van der Waals surface area contributed by atoms with Gasteiger partial charge >= 0.3 is 0 Å². The van der Waals surface area contributed by atoms with Crippen molar-refractivity contribution in [1.82, 2.24) is 10.6 Å². The van der Waals surface area contributed by atoms with Gasteiger partial charge < -0.3 is 15.4 Å². The van der Waals surface area contributed by atoms with Gasteiger partial charge in [-0.1, -0.05) is 20.3 Å². The Morgan fingerprint density at radius 2 is 2.29 bits per heavy atom. The molecule has 2 N–H and O–H groups in total. The highest BCUT2D eigenvalue weighted by Crippen LogP contribution is 2.09. The van der Waals surface area contributed by atoms with Gasteiger partial charge in [-0.05, 0) is 25.3 Å². The standard InChI is InChI=1S/C13H26N2O2/c1-11(2)10-17-8-7-15-13(16)9-12-5-3-4-6-14-12/h11-12,14H,3-10H2,1-2H3,(H,15,16). The summed E-state index contributed by atoms with van der Waals surface area (Å²) in [6.07, 6.45) is 4.20. The minimum atomic E-state index is 0.137. The van der Waals surface area contributed by atoms with Crippen LogP contribution in [0.25, 0.3) is 0 Å². The van der Waals surface area contributed by atoms with E-state index in [0.29, 0.717) is 31.5 Å². The maximum Gasteiger partial charge on any atom is 0.221 e. The Hall–Kier alpha value is -0.610. The second-order valence-electron chi connectivity index (χ2n) is 5.17. The van der Waals surface area contributed by atoms with Gasteiger partial charge in [-0.25, -0.2) is 0 Å². The molecule has 1 heterocycles. The molecule has 0 spiro atoms. The first-order chi connectivity index (χ1) is 8.18. The summed E-state index contributed by atoms with van der Waals surface area (Å²) >= 11 is 0. The van der Waals surface area contributed by atoms with E-state index in [4.69, 9.17) is 4.74 Å². The Bertz CT molecular complexity index is 213. The van der Waals surface area contributed by atoms with Gasteiger partial charge in [0.2, 0.25) is 5.91 Å². The Morgan fingerprint density at radius 3 is 2.94 bits per heavy atom. The van der Waals surface area contributed by atoms with E-state index < -0.39 is 0 Å². The van der Waals surface area contributed by atoms with E-state index in [1.807, 2.05) is 0 Å². The highest BCUT2D eigenvalue weighted by Gasteiger charge is 2.15. The molecule has 1 rings (SSSR count). The van der Waals surface area contributed by atoms with Gasteiger partial charge in [0.05, 0.1) is 6.61 Å². The lowest BCUT2D eigenvalue weighted by molar-refractivity contribution is -0.121. The molecule has 100 valence electrons. The molecule has 4 nitrogen and oxygen atoms in total. The van der Waals surface area contributed by atoms with Crippen LogP contribution in [0.5, 0.6) is 0 Å². The van der Waals surface area contributed by atoms with Crippen LogP contribution in [0.1, 0.15) is 39.5 Å². The van der Waals surface area contributed by atoms with Crippen LogP contribution in [-0.4, -0.2) is 38.3 Å². The van der Waals surface area contributed by atoms with Crippen molar-refractivity contribution in [3.63, 3.8) is 0 Å². The van der Waals surface area contributed by atoms with Gasteiger partial charge in [-0.15, -0.1) is 0 Å². The number of carbonyl (C=O) groups excluding carboxylic acids is 1. The minimum absolute atomic E-state index is 0.137. The van der Waals surface area contributed by atoms with E-state index in [-0.39, 0.29) is 5.91 Å². The number of amides is 1. The van der Waals surface area contributed by atoms with Crippen molar-refractivity contribution in [3.8, 4) is 0 Å². The molecule has 1 aliphatic rings. The van der Waals surface area contributed by atoms with Crippen LogP contribution in [0.4, 0.5) is 0 Å². The van der Waals surface area contributed by atoms with Crippen LogP contribution >= 0.6 is 0 Å². The van der Waals surface area contributed by atoms with Crippen LogP contribution in [-0.2, 0) is 9.53 Å². The summed E-state index contributed by atoms with van der Waals surface area (Å²) in [7, 11) is 0. The molecule has 1 unspecified atom stereocenters. The molecule has 17 heavy (non-hydrogen) atoms. The molecular formula is C13H26N2O2. The van der Waals surface area contributed by atoms with Gasteiger partial charge in [-0.2, -0.15) is 0 Å². The van der Waals surface area contributed by atoms with Gasteiger partial charge in [-0.3, -0.25) is 4.79 Å². The van der Waals surface area contributed by atoms with Crippen LogP contribution in [0.2, 0.25) is 0 Å². The van der Waals surface area contributed by atoms with Crippen LogP contribution < -0.4 is 10.6 Å². The summed E-state index contributed by atoms with van der Waals surface area (Å²) in [5.41, 5.74) is 0. The zero-order chi connectivity index (χ0) is 12.5. The lowest BCUT2D eigenvalue weighted by atomic mass is 10.0. The smallest absolute Gasteiger partial charge is 0.221 e. The molecule has 0 saturated carbocycles. The lowest BCUT2D eigenvalue weighted by Crippen LogP contribution is -2.39. The van der Waals surface area contributed by atoms with E-state index in [2.05, 4.69) is 24.5 Å². The SMILES string of the molecule is CC(C)COCCNC(=O)CC1CCCCN1. The van der Waals surface area contributed by atoms with Crippen molar-refractivity contribution in [2.24, 2.45) is 5.92 Å². The summed E-state index contributed by atoms with van der Waals surface area (Å²) in [6.45, 7) is 7.29. The second kappa shape index (κ2) is 8.48. The lowest BCUT2D eigenvalue weighted by Gasteiger charge is -2.22. The van der Waals surface area contributed by atoms with Crippen LogP contribution in [0.3, 0.4) is 0 Å². The number of carbonyl (C=O) groups is 1. The number of rotatable bonds is 7. The average molecular weight is 242 g/mol. The molecule has 0 bridgehead atoms. The van der Waals surface area contributed by atoms with Gasteiger partial charge in [0.25, 0.3) is 0 Å². The van der Waals surface area contributed by atoms with Crippen LogP contribution in [0.15, 0.2) is 0 Å². The fourth-order valence-corrected chi connectivity index (χ4v) is 1.98. The van der Waals surface area contributed by atoms with E-state index in [9.17, 15) is 4.79 Å². The molecule has 0 aromatic carbocycles. The van der Waals surface area contributed by atoms with Crippen molar-refractivity contribution in [1.29, 1.82) is 0 Å². The molecular weight excluding hydrogens is 216 g/mol. The topological polar surface area (TPSA) is 50.4 Å². The Labute approximate surface area is 104 Å². The average Bonchev–Trinajstić information content (AvgIpc) is 2.29. The van der Waals surface area contributed by atoms with Crippen molar-refractivity contribution in [3.05, 3.63) is 0 Å². The molecule has 0 radical (unpaired) electrons. The normalized spacial score (nSPS) is 20.5. The highest BCUT2D eigenvalue weighted by molar-refractivity contribution is 5.76. The molecule has 0 aromatic heterocycles. The number of piperidine rings is 1. The minimum Gasteiger partial charge on any atom is -0.379 e. The number of hydrogen-bond donors (Lipinski definition) is 2. The zero-order valence-electron chi connectivity index (χ0n) is 11.1. The first kappa shape index (κ1) is 14.5. The molecule has 0 aromatic rings. The number of ether oxygens (including phenoxy) is 1. The van der Waals surface area contributed by atoms with Crippen LogP contribution in [0, 0.1) is 5.92 Å². The summed E-state index contributed by atoms with van der Waals surface area (Å²) < 4.78 is 5.41. The van der Waals surface area contributed by atoms with E-state index in [1.54, 1.807) is 0 Å². The first-order valence-corrected chi connectivity index (χ1v) is 6.76. The van der Waals surface area contributed by atoms with Crippen molar-refractivity contribution in [2.75, 3.05) is 26.3 Å².